The van der Waals surface area contributed by atoms with Gasteiger partial charge in [-0.25, -0.2) is 0 Å². The highest BCUT2D eigenvalue weighted by molar-refractivity contribution is 7.12. The zero-order valence-corrected chi connectivity index (χ0v) is 13.0. The van der Waals surface area contributed by atoms with Crippen LogP contribution in [0.2, 0.25) is 0 Å². The van der Waals surface area contributed by atoms with Crippen LogP contribution in [0.4, 0.5) is 11.4 Å². The van der Waals surface area contributed by atoms with Gasteiger partial charge in [-0.05, 0) is 26.0 Å². The van der Waals surface area contributed by atoms with Crippen LogP contribution in [0, 0.1) is 6.92 Å². The number of benzene rings is 1. The molecule has 2 rings (SSSR count). The standard InChI is InChI=1S/C15H20N2O2S/c1-9-5-6-15(20-9)10(2)17-12-8-14(19-4)13(18-3)7-11(12)16/h5-8,10,17H,16H2,1-4H3. The van der Waals surface area contributed by atoms with Crippen LogP contribution in [0.3, 0.4) is 0 Å². The maximum atomic E-state index is 6.06. The van der Waals surface area contributed by atoms with E-state index in [0.717, 1.165) is 5.69 Å². The van der Waals surface area contributed by atoms with Gasteiger partial charge in [0.15, 0.2) is 11.5 Å². The van der Waals surface area contributed by atoms with Crippen molar-refractivity contribution in [1.82, 2.24) is 0 Å². The van der Waals surface area contributed by atoms with Crippen molar-refractivity contribution in [2.45, 2.75) is 19.9 Å². The number of hydrogen-bond donors (Lipinski definition) is 2. The zero-order valence-electron chi connectivity index (χ0n) is 12.2. The number of nitrogen functional groups attached to an aromatic ring is 1. The topological polar surface area (TPSA) is 56.5 Å². The van der Waals surface area contributed by atoms with Crippen molar-refractivity contribution < 1.29 is 9.47 Å². The SMILES string of the molecule is COc1cc(N)c(NC(C)c2ccc(C)s2)cc1OC. The third kappa shape index (κ3) is 2.99. The fraction of sp³-hybridized carbons (Fsp3) is 0.333. The summed E-state index contributed by atoms with van der Waals surface area (Å²) in [5, 5.41) is 3.42. The molecule has 108 valence electrons. The van der Waals surface area contributed by atoms with Crippen molar-refractivity contribution in [3.05, 3.63) is 34.0 Å². The summed E-state index contributed by atoms with van der Waals surface area (Å²) >= 11 is 1.78. The van der Waals surface area contributed by atoms with Crippen LogP contribution in [0.15, 0.2) is 24.3 Å². The molecule has 0 saturated heterocycles. The Kier molecular flexibility index (Phi) is 4.39. The van der Waals surface area contributed by atoms with Gasteiger partial charge in [0, 0.05) is 21.9 Å². The first-order chi connectivity index (χ1) is 9.55. The fourth-order valence-corrected chi connectivity index (χ4v) is 2.89. The minimum Gasteiger partial charge on any atom is -0.493 e. The molecule has 4 nitrogen and oxygen atoms in total. The number of thiophene rings is 1. The molecule has 0 aliphatic carbocycles. The van der Waals surface area contributed by atoms with E-state index in [2.05, 4.69) is 31.3 Å². The smallest absolute Gasteiger partial charge is 0.162 e. The molecule has 0 fully saturated rings. The molecule has 1 heterocycles. The molecule has 3 N–H and O–H groups in total. The molecule has 0 aliphatic heterocycles. The van der Waals surface area contributed by atoms with Gasteiger partial charge in [-0.3, -0.25) is 0 Å². The zero-order chi connectivity index (χ0) is 14.7. The number of nitrogens with one attached hydrogen (secondary N) is 1. The lowest BCUT2D eigenvalue weighted by atomic mass is 10.2. The van der Waals surface area contributed by atoms with Crippen LogP contribution in [-0.2, 0) is 0 Å². The molecule has 0 amide bonds. The van der Waals surface area contributed by atoms with Crippen molar-refractivity contribution in [2.24, 2.45) is 0 Å². The Morgan fingerprint density at radius 2 is 1.80 bits per heavy atom. The van der Waals surface area contributed by atoms with Gasteiger partial charge in [0.25, 0.3) is 0 Å². The van der Waals surface area contributed by atoms with Crippen molar-refractivity contribution in [2.75, 3.05) is 25.3 Å². The van der Waals surface area contributed by atoms with Crippen LogP contribution in [-0.4, -0.2) is 14.2 Å². The second-order valence-electron chi connectivity index (χ2n) is 4.61. The van der Waals surface area contributed by atoms with Gasteiger partial charge < -0.3 is 20.5 Å². The van der Waals surface area contributed by atoms with E-state index >= 15 is 0 Å². The minimum absolute atomic E-state index is 0.189. The van der Waals surface area contributed by atoms with Gasteiger partial charge in [0.1, 0.15) is 0 Å². The third-order valence-corrected chi connectivity index (χ3v) is 4.30. The molecule has 0 spiro atoms. The van der Waals surface area contributed by atoms with E-state index in [-0.39, 0.29) is 6.04 Å². The molecule has 2 aromatic rings. The number of hydrogen-bond acceptors (Lipinski definition) is 5. The Bertz CT molecular complexity index is 596. The first kappa shape index (κ1) is 14.5. The van der Waals surface area contributed by atoms with E-state index in [1.54, 1.807) is 31.6 Å². The molecule has 20 heavy (non-hydrogen) atoms. The monoisotopic (exact) mass is 292 g/mol. The van der Waals surface area contributed by atoms with Gasteiger partial charge in [-0.15, -0.1) is 11.3 Å². The summed E-state index contributed by atoms with van der Waals surface area (Å²) in [5.41, 5.74) is 7.55. The molecule has 0 bridgehead atoms. The molecular formula is C15H20N2O2S. The summed E-state index contributed by atoms with van der Waals surface area (Å²) in [5.74, 6) is 1.30. The lowest BCUT2D eigenvalue weighted by molar-refractivity contribution is 0.355. The summed E-state index contributed by atoms with van der Waals surface area (Å²) in [6, 6.07) is 8.08. The fourth-order valence-electron chi connectivity index (χ4n) is 2.01. The van der Waals surface area contributed by atoms with E-state index in [1.165, 1.54) is 9.75 Å². The summed E-state index contributed by atoms with van der Waals surface area (Å²) in [6.45, 7) is 4.22. The molecule has 1 atom stereocenters. The Labute approximate surface area is 123 Å². The van der Waals surface area contributed by atoms with Crippen LogP contribution >= 0.6 is 11.3 Å². The first-order valence-electron chi connectivity index (χ1n) is 6.39. The number of ether oxygens (including phenoxy) is 2. The first-order valence-corrected chi connectivity index (χ1v) is 7.21. The molecule has 1 aromatic heterocycles. The lowest BCUT2D eigenvalue weighted by Gasteiger charge is -2.18. The van der Waals surface area contributed by atoms with Crippen molar-refractivity contribution >= 4 is 22.7 Å². The summed E-state index contributed by atoms with van der Waals surface area (Å²) in [6.07, 6.45) is 0. The van der Waals surface area contributed by atoms with Crippen molar-refractivity contribution in [1.29, 1.82) is 0 Å². The average molecular weight is 292 g/mol. The van der Waals surface area contributed by atoms with Gasteiger partial charge in [-0.1, -0.05) is 0 Å². The van der Waals surface area contributed by atoms with Crippen LogP contribution in [0.25, 0.3) is 0 Å². The number of anilines is 2. The number of aryl methyl sites for hydroxylation is 1. The van der Waals surface area contributed by atoms with E-state index in [9.17, 15) is 0 Å². The predicted molar refractivity (Wildman–Crippen MR) is 85.1 cm³/mol. The van der Waals surface area contributed by atoms with Gasteiger partial charge in [-0.2, -0.15) is 0 Å². The molecule has 0 saturated carbocycles. The Morgan fingerprint density at radius 3 is 2.35 bits per heavy atom. The third-order valence-electron chi connectivity index (χ3n) is 3.12. The highest BCUT2D eigenvalue weighted by atomic mass is 32.1. The molecular weight excluding hydrogens is 272 g/mol. The van der Waals surface area contributed by atoms with Crippen LogP contribution < -0.4 is 20.5 Å². The Balaban J connectivity index is 2.24. The summed E-state index contributed by atoms with van der Waals surface area (Å²) in [7, 11) is 3.21. The maximum absolute atomic E-state index is 6.06. The van der Waals surface area contributed by atoms with Gasteiger partial charge in [0.05, 0.1) is 31.6 Å². The molecule has 0 aliphatic rings. The van der Waals surface area contributed by atoms with Crippen molar-refractivity contribution in [3.63, 3.8) is 0 Å². The average Bonchev–Trinajstić information content (AvgIpc) is 2.87. The maximum Gasteiger partial charge on any atom is 0.162 e. The molecule has 1 unspecified atom stereocenters. The van der Waals surface area contributed by atoms with Crippen LogP contribution in [0.1, 0.15) is 22.7 Å². The van der Waals surface area contributed by atoms with Crippen molar-refractivity contribution in [3.8, 4) is 11.5 Å². The summed E-state index contributed by atoms with van der Waals surface area (Å²) in [4.78, 5) is 2.57. The van der Waals surface area contributed by atoms with E-state index in [1.807, 2.05) is 6.07 Å². The predicted octanol–water partition coefficient (Wildman–Crippen LogP) is 3.83. The van der Waals surface area contributed by atoms with E-state index in [0.29, 0.717) is 17.2 Å². The molecule has 5 heteroatoms. The molecule has 1 aromatic carbocycles. The highest BCUT2D eigenvalue weighted by Crippen LogP contribution is 2.36. The van der Waals surface area contributed by atoms with Gasteiger partial charge >= 0.3 is 0 Å². The van der Waals surface area contributed by atoms with E-state index in [4.69, 9.17) is 15.2 Å². The quantitative estimate of drug-likeness (QED) is 0.822. The number of methoxy groups -OCH3 is 2. The second-order valence-corrected chi connectivity index (χ2v) is 5.93. The molecule has 0 radical (unpaired) electrons. The largest absolute Gasteiger partial charge is 0.493 e. The highest BCUT2D eigenvalue weighted by Gasteiger charge is 2.13. The lowest BCUT2D eigenvalue weighted by Crippen LogP contribution is -2.07. The Morgan fingerprint density at radius 1 is 1.15 bits per heavy atom. The summed E-state index contributed by atoms with van der Waals surface area (Å²) < 4.78 is 10.5. The number of rotatable bonds is 5. The minimum atomic E-state index is 0.189. The second kappa shape index (κ2) is 6.05. The normalized spacial score (nSPS) is 12.0. The van der Waals surface area contributed by atoms with Crippen LogP contribution in [0.5, 0.6) is 11.5 Å². The Hall–Kier alpha value is -1.88. The number of nitrogens with two attached hydrogens (primary N) is 1. The van der Waals surface area contributed by atoms with Gasteiger partial charge in [0.2, 0.25) is 0 Å². The van der Waals surface area contributed by atoms with E-state index < -0.39 is 0 Å².